The molecule has 2 rings (SSSR count). The van der Waals surface area contributed by atoms with Crippen molar-refractivity contribution in [1.82, 2.24) is 5.32 Å². The van der Waals surface area contributed by atoms with Crippen LogP contribution in [-0.2, 0) is 4.74 Å². The van der Waals surface area contributed by atoms with Crippen molar-refractivity contribution in [2.45, 2.75) is 0 Å². The third kappa shape index (κ3) is 0.884. The molecule has 1 saturated heterocycles. The summed E-state index contributed by atoms with van der Waals surface area (Å²) in [5.74, 6) is 0.693. The molecule has 2 aliphatic heterocycles. The van der Waals surface area contributed by atoms with E-state index < -0.39 is 0 Å². The number of ether oxygens (including phenoxy) is 1. The average Bonchev–Trinajstić information content (AvgIpc) is 2.33. The van der Waals surface area contributed by atoms with Crippen LogP contribution < -0.4 is 5.32 Å². The first-order valence-corrected chi connectivity index (χ1v) is 3.44. The van der Waals surface area contributed by atoms with Crippen molar-refractivity contribution in [2.24, 2.45) is 5.92 Å². The molecule has 0 aromatic heterocycles. The lowest BCUT2D eigenvalue weighted by molar-refractivity contribution is 0.188. The molecule has 0 aromatic rings. The highest BCUT2D eigenvalue weighted by molar-refractivity contribution is 5.14. The van der Waals surface area contributed by atoms with Gasteiger partial charge in [-0.1, -0.05) is 6.08 Å². The van der Waals surface area contributed by atoms with E-state index in [2.05, 4.69) is 11.4 Å². The minimum Gasteiger partial charge on any atom is -0.376 e. The van der Waals surface area contributed by atoms with Crippen LogP contribution in [-0.4, -0.2) is 26.3 Å². The van der Waals surface area contributed by atoms with Gasteiger partial charge in [0.15, 0.2) is 0 Å². The SMILES string of the molecule is C1=C2COCC2CNC1. The van der Waals surface area contributed by atoms with E-state index in [1.54, 1.807) is 0 Å². The molecule has 2 aliphatic rings. The van der Waals surface area contributed by atoms with E-state index in [1.165, 1.54) is 5.57 Å². The zero-order valence-electron chi connectivity index (χ0n) is 5.39. The molecule has 50 valence electrons. The van der Waals surface area contributed by atoms with E-state index in [1.807, 2.05) is 0 Å². The Balaban J connectivity index is 2.16. The molecule has 0 aromatic carbocycles. The van der Waals surface area contributed by atoms with Crippen molar-refractivity contribution >= 4 is 0 Å². The standard InChI is InChI=1S/C7H11NO/c1-2-8-3-7-5-9-4-6(1)7/h1,7-8H,2-5H2. The summed E-state index contributed by atoms with van der Waals surface area (Å²) in [7, 11) is 0. The Bertz CT molecular complexity index is 142. The molecule has 9 heavy (non-hydrogen) atoms. The molecule has 0 spiro atoms. The quantitative estimate of drug-likeness (QED) is 0.466. The van der Waals surface area contributed by atoms with Crippen LogP contribution in [0.5, 0.6) is 0 Å². The molecule has 0 amide bonds. The summed E-state index contributed by atoms with van der Waals surface area (Å²) in [6.45, 7) is 3.96. The molecule has 1 unspecified atom stereocenters. The van der Waals surface area contributed by atoms with Crippen LogP contribution in [0.1, 0.15) is 0 Å². The summed E-state index contributed by atoms with van der Waals surface area (Å²) >= 11 is 0. The Morgan fingerprint density at radius 3 is 3.56 bits per heavy atom. The first-order chi connectivity index (χ1) is 4.47. The highest BCUT2D eigenvalue weighted by Crippen LogP contribution is 2.20. The topological polar surface area (TPSA) is 21.3 Å². The van der Waals surface area contributed by atoms with Gasteiger partial charge in [0.2, 0.25) is 0 Å². The number of nitrogens with one attached hydrogen (secondary N) is 1. The van der Waals surface area contributed by atoms with Crippen molar-refractivity contribution < 1.29 is 4.74 Å². The van der Waals surface area contributed by atoms with E-state index in [4.69, 9.17) is 4.74 Å². The Morgan fingerprint density at radius 2 is 2.67 bits per heavy atom. The van der Waals surface area contributed by atoms with Crippen molar-refractivity contribution in [3.63, 3.8) is 0 Å². The highest BCUT2D eigenvalue weighted by atomic mass is 16.5. The fourth-order valence-corrected chi connectivity index (χ4v) is 1.42. The third-order valence-electron chi connectivity index (χ3n) is 2.01. The van der Waals surface area contributed by atoms with Crippen molar-refractivity contribution in [2.75, 3.05) is 26.3 Å². The van der Waals surface area contributed by atoms with Gasteiger partial charge in [0.1, 0.15) is 0 Å². The predicted molar refractivity (Wildman–Crippen MR) is 35.3 cm³/mol. The van der Waals surface area contributed by atoms with E-state index in [0.717, 1.165) is 26.3 Å². The Morgan fingerprint density at radius 1 is 1.67 bits per heavy atom. The van der Waals surface area contributed by atoms with Crippen molar-refractivity contribution in [3.05, 3.63) is 11.6 Å². The smallest absolute Gasteiger partial charge is 0.0681 e. The van der Waals surface area contributed by atoms with Crippen LogP contribution in [0, 0.1) is 5.92 Å². The van der Waals surface area contributed by atoms with Gasteiger partial charge in [-0.15, -0.1) is 0 Å². The second-order valence-corrected chi connectivity index (χ2v) is 2.65. The second-order valence-electron chi connectivity index (χ2n) is 2.65. The van der Waals surface area contributed by atoms with Gasteiger partial charge in [0.05, 0.1) is 13.2 Å². The van der Waals surface area contributed by atoms with Gasteiger partial charge in [-0.25, -0.2) is 0 Å². The summed E-state index contributed by atoms with van der Waals surface area (Å²) in [5.41, 5.74) is 1.51. The zero-order chi connectivity index (χ0) is 6.10. The maximum Gasteiger partial charge on any atom is 0.0681 e. The van der Waals surface area contributed by atoms with Crippen LogP contribution in [0.4, 0.5) is 0 Å². The lowest BCUT2D eigenvalue weighted by Gasteiger charge is -2.15. The first kappa shape index (κ1) is 5.45. The van der Waals surface area contributed by atoms with Crippen LogP contribution >= 0.6 is 0 Å². The minimum atomic E-state index is 0.693. The normalized spacial score (nSPS) is 33.8. The average molecular weight is 125 g/mol. The lowest BCUT2D eigenvalue weighted by atomic mass is 10.0. The van der Waals surface area contributed by atoms with E-state index in [0.29, 0.717) is 5.92 Å². The number of hydrogen-bond donors (Lipinski definition) is 1. The molecular formula is C7H11NO. The Kier molecular flexibility index (Phi) is 1.28. The van der Waals surface area contributed by atoms with Crippen molar-refractivity contribution in [1.29, 1.82) is 0 Å². The highest BCUT2D eigenvalue weighted by Gasteiger charge is 2.22. The third-order valence-corrected chi connectivity index (χ3v) is 2.01. The molecule has 0 bridgehead atoms. The van der Waals surface area contributed by atoms with Crippen LogP contribution in [0.3, 0.4) is 0 Å². The summed E-state index contributed by atoms with van der Waals surface area (Å²) in [4.78, 5) is 0. The van der Waals surface area contributed by atoms with Gasteiger partial charge in [0, 0.05) is 19.0 Å². The molecule has 1 fully saturated rings. The fourth-order valence-electron chi connectivity index (χ4n) is 1.42. The van der Waals surface area contributed by atoms with Gasteiger partial charge in [0.25, 0.3) is 0 Å². The van der Waals surface area contributed by atoms with Gasteiger partial charge >= 0.3 is 0 Å². The van der Waals surface area contributed by atoms with Gasteiger partial charge < -0.3 is 10.1 Å². The van der Waals surface area contributed by atoms with Gasteiger partial charge in [-0.3, -0.25) is 0 Å². The maximum absolute atomic E-state index is 5.28. The molecular weight excluding hydrogens is 114 g/mol. The van der Waals surface area contributed by atoms with Crippen molar-refractivity contribution in [3.8, 4) is 0 Å². The fraction of sp³-hybridized carbons (Fsp3) is 0.714. The first-order valence-electron chi connectivity index (χ1n) is 3.44. The molecule has 0 radical (unpaired) electrons. The number of fused-ring (bicyclic) bond motifs is 1. The maximum atomic E-state index is 5.28. The van der Waals surface area contributed by atoms with Gasteiger partial charge in [-0.2, -0.15) is 0 Å². The molecule has 0 saturated carbocycles. The summed E-state index contributed by atoms with van der Waals surface area (Å²) in [6.07, 6.45) is 2.25. The molecule has 0 aliphatic carbocycles. The lowest BCUT2D eigenvalue weighted by Crippen LogP contribution is -2.28. The van der Waals surface area contributed by atoms with Crippen LogP contribution in [0.15, 0.2) is 11.6 Å². The summed E-state index contributed by atoms with van der Waals surface area (Å²) in [6, 6.07) is 0. The minimum absolute atomic E-state index is 0.693. The van der Waals surface area contributed by atoms with Gasteiger partial charge in [-0.05, 0) is 5.57 Å². The van der Waals surface area contributed by atoms with E-state index in [9.17, 15) is 0 Å². The zero-order valence-corrected chi connectivity index (χ0v) is 5.39. The number of hydrogen-bond acceptors (Lipinski definition) is 2. The molecule has 1 N–H and O–H groups in total. The van der Waals surface area contributed by atoms with E-state index >= 15 is 0 Å². The second kappa shape index (κ2) is 2.12. The van der Waals surface area contributed by atoms with Crippen LogP contribution in [0.2, 0.25) is 0 Å². The molecule has 2 heterocycles. The molecule has 2 heteroatoms. The Labute approximate surface area is 54.9 Å². The largest absolute Gasteiger partial charge is 0.376 e. The molecule has 2 nitrogen and oxygen atoms in total. The van der Waals surface area contributed by atoms with Crippen LogP contribution in [0.25, 0.3) is 0 Å². The molecule has 1 atom stereocenters. The predicted octanol–water partition coefficient (Wildman–Crippen LogP) is 0.162. The number of rotatable bonds is 0. The Hall–Kier alpha value is -0.340. The summed E-state index contributed by atoms with van der Waals surface area (Å²) in [5, 5.41) is 3.30. The monoisotopic (exact) mass is 125 g/mol. The van der Waals surface area contributed by atoms with E-state index in [-0.39, 0.29) is 0 Å². The summed E-state index contributed by atoms with van der Waals surface area (Å²) < 4.78 is 5.28.